The van der Waals surface area contributed by atoms with Crippen molar-refractivity contribution >= 4 is 12.4 Å². The molecule has 0 atom stereocenters. The van der Waals surface area contributed by atoms with Crippen LogP contribution >= 0.6 is 12.4 Å². The Morgan fingerprint density at radius 1 is 0.958 bits per heavy atom. The molecule has 0 radical (unpaired) electrons. The lowest BCUT2D eigenvalue weighted by Gasteiger charge is -2.16. The Kier molecular flexibility index (Phi) is 9.28. The minimum absolute atomic E-state index is 0. The molecule has 0 bridgehead atoms. The maximum Gasteiger partial charge on any atom is 0.166 e. The van der Waals surface area contributed by atoms with Crippen LogP contribution in [0.15, 0.2) is 42.5 Å². The van der Waals surface area contributed by atoms with E-state index in [0.29, 0.717) is 13.2 Å². The number of aryl methyl sites for hydroxylation is 1. The van der Waals surface area contributed by atoms with Crippen LogP contribution in [0.4, 0.5) is 0 Å². The number of hydrogen-bond acceptors (Lipinski definition) is 3. The normalized spacial score (nSPS) is 10.1. The summed E-state index contributed by atoms with van der Waals surface area (Å²) in [6.45, 7) is 9.21. The summed E-state index contributed by atoms with van der Waals surface area (Å²) in [6, 6.07) is 14.5. The molecule has 0 aromatic heterocycles. The fourth-order valence-electron chi connectivity index (χ4n) is 2.37. The van der Waals surface area contributed by atoms with Crippen molar-refractivity contribution in [1.82, 2.24) is 5.32 Å². The van der Waals surface area contributed by atoms with E-state index in [1.54, 1.807) is 0 Å². The maximum atomic E-state index is 6.11. The van der Waals surface area contributed by atoms with E-state index in [-0.39, 0.29) is 12.4 Å². The second-order valence-corrected chi connectivity index (χ2v) is 5.63. The summed E-state index contributed by atoms with van der Waals surface area (Å²) in [5.74, 6) is 1.66. The lowest BCUT2D eigenvalue weighted by Crippen LogP contribution is -2.15. The predicted octanol–water partition coefficient (Wildman–Crippen LogP) is 4.89. The van der Waals surface area contributed by atoms with Gasteiger partial charge >= 0.3 is 0 Å². The summed E-state index contributed by atoms with van der Waals surface area (Å²) in [7, 11) is 0. The van der Waals surface area contributed by atoms with Gasteiger partial charge < -0.3 is 14.8 Å². The van der Waals surface area contributed by atoms with E-state index in [4.69, 9.17) is 9.47 Å². The van der Waals surface area contributed by atoms with Gasteiger partial charge in [0.15, 0.2) is 11.5 Å². The molecule has 1 N–H and O–H groups in total. The lowest BCUT2D eigenvalue weighted by atomic mass is 10.1. The predicted molar refractivity (Wildman–Crippen MR) is 102 cm³/mol. The summed E-state index contributed by atoms with van der Waals surface area (Å²) >= 11 is 0. The second kappa shape index (κ2) is 11.0. The number of nitrogens with one attached hydrogen (secondary N) is 1. The molecule has 0 unspecified atom stereocenters. The lowest BCUT2D eigenvalue weighted by molar-refractivity contribution is 0.266. The number of benzene rings is 2. The summed E-state index contributed by atoms with van der Waals surface area (Å²) in [5, 5.41) is 3.43. The third kappa shape index (κ3) is 6.06. The van der Waals surface area contributed by atoms with Crippen LogP contribution in [0.3, 0.4) is 0 Å². The molecule has 0 amide bonds. The largest absolute Gasteiger partial charge is 0.490 e. The highest BCUT2D eigenvalue weighted by Gasteiger charge is 2.11. The molecule has 3 nitrogen and oxygen atoms in total. The highest BCUT2D eigenvalue weighted by Crippen LogP contribution is 2.32. The van der Waals surface area contributed by atoms with E-state index in [2.05, 4.69) is 49.5 Å². The van der Waals surface area contributed by atoms with Crippen LogP contribution in [0.1, 0.15) is 37.0 Å². The molecule has 24 heavy (non-hydrogen) atoms. The van der Waals surface area contributed by atoms with Crippen molar-refractivity contribution < 1.29 is 9.47 Å². The average Bonchev–Trinajstić information content (AvgIpc) is 2.56. The van der Waals surface area contributed by atoms with E-state index >= 15 is 0 Å². The maximum absolute atomic E-state index is 6.11. The fraction of sp³-hybridized carbons (Fsp3) is 0.400. The molecule has 2 aromatic rings. The summed E-state index contributed by atoms with van der Waals surface area (Å²) in [6.07, 6.45) is 1.12. The first-order chi connectivity index (χ1) is 11.2. The molecule has 2 aromatic carbocycles. The molecule has 0 fully saturated rings. The highest BCUT2D eigenvalue weighted by molar-refractivity contribution is 5.85. The third-order valence-electron chi connectivity index (χ3n) is 3.61. The van der Waals surface area contributed by atoms with Gasteiger partial charge in [-0.2, -0.15) is 0 Å². The molecule has 4 heteroatoms. The van der Waals surface area contributed by atoms with Crippen LogP contribution in [-0.2, 0) is 13.2 Å². The van der Waals surface area contributed by atoms with Gasteiger partial charge in [-0.15, -0.1) is 12.4 Å². The van der Waals surface area contributed by atoms with E-state index in [9.17, 15) is 0 Å². The van der Waals surface area contributed by atoms with Gasteiger partial charge in [-0.05, 0) is 38.4 Å². The van der Waals surface area contributed by atoms with Gasteiger partial charge in [0.1, 0.15) is 6.61 Å². The first-order valence-corrected chi connectivity index (χ1v) is 8.38. The van der Waals surface area contributed by atoms with Crippen LogP contribution in [0, 0.1) is 6.92 Å². The molecule has 0 aliphatic carbocycles. The van der Waals surface area contributed by atoms with Crippen molar-refractivity contribution in [3.05, 3.63) is 59.2 Å². The monoisotopic (exact) mass is 349 g/mol. The molecule has 0 saturated carbocycles. The van der Waals surface area contributed by atoms with Crippen molar-refractivity contribution in [3.63, 3.8) is 0 Å². The van der Waals surface area contributed by atoms with Crippen molar-refractivity contribution in [2.75, 3.05) is 13.2 Å². The molecule has 0 heterocycles. The minimum atomic E-state index is 0. The molecular formula is C20H28ClNO2. The number of para-hydroxylation sites is 1. The molecule has 2 rings (SSSR count). The van der Waals surface area contributed by atoms with Gasteiger partial charge in [0, 0.05) is 12.1 Å². The first kappa shape index (κ1) is 20.3. The van der Waals surface area contributed by atoms with Gasteiger partial charge in [-0.3, -0.25) is 0 Å². The van der Waals surface area contributed by atoms with Crippen LogP contribution in [0.25, 0.3) is 0 Å². The average molecular weight is 350 g/mol. The quantitative estimate of drug-likeness (QED) is 0.653. The Hall–Kier alpha value is -1.71. The summed E-state index contributed by atoms with van der Waals surface area (Å²) in [5.41, 5.74) is 3.55. The van der Waals surface area contributed by atoms with E-state index in [0.717, 1.165) is 42.1 Å². The zero-order valence-electron chi connectivity index (χ0n) is 14.8. The van der Waals surface area contributed by atoms with E-state index in [1.165, 1.54) is 5.56 Å². The smallest absolute Gasteiger partial charge is 0.166 e. The molecule has 0 spiro atoms. The fourth-order valence-corrected chi connectivity index (χ4v) is 2.37. The first-order valence-electron chi connectivity index (χ1n) is 8.38. The van der Waals surface area contributed by atoms with Crippen LogP contribution in [0.5, 0.6) is 11.5 Å². The van der Waals surface area contributed by atoms with E-state index < -0.39 is 0 Å². The molecule has 0 saturated heterocycles. The van der Waals surface area contributed by atoms with E-state index in [1.807, 2.05) is 19.1 Å². The van der Waals surface area contributed by atoms with Gasteiger partial charge in [0.2, 0.25) is 0 Å². The van der Waals surface area contributed by atoms with Crippen LogP contribution < -0.4 is 14.8 Å². The van der Waals surface area contributed by atoms with Crippen LogP contribution in [0.2, 0.25) is 0 Å². The highest BCUT2D eigenvalue weighted by atomic mass is 35.5. The molecule has 132 valence electrons. The zero-order valence-corrected chi connectivity index (χ0v) is 15.6. The standard InChI is InChI=1S/C20H27NO2.ClH/c1-4-13-21-14-18-7-6-8-19(22-5-2)20(18)23-15-17-11-9-16(3)10-12-17;/h6-12,21H,4-5,13-15H2,1-3H3;1H. The Morgan fingerprint density at radius 2 is 1.71 bits per heavy atom. The molecule has 0 aliphatic rings. The topological polar surface area (TPSA) is 30.5 Å². The van der Waals surface area contributed by atoms with Gasteiger partial charge in [0.25, 0.3) is 0 Å². The number of hydrogen-bond donors (Lipinski definition) is 1. The number of rotatable bonds is 9. The van der Waals surface area contributed by atoms with Crippen molar-refractivity contribution in [1.29, 1.82) is 0 Å². The Labute approximate surface area is 151 Å². The second-order valence-electron chi connectivity index (χ2n) is 5.63. The Balaban J connectivity index is 0.00000288. The number of halogens is 1. The van der Waals surface area contributed by atoms with Crippen molar-refractivity contribution in [2.24, 2.45) is 0 Å². The minimum Gasteiger partial charge on any atom is -0.490 e. The van der Waals surface area contributed by atoms with Gasteiger partial charge in [0.05, 0.1) is 6.61 Å². The summed E-state index contributed by atoms with van der Waals surface area (Å²) in [4.78, 5) is 0. The summed E-state index contributed by atoms with van der Waals surface area (Å²) < 4.78 is 11.9. The number of ether oxygens (including phenoxy) is 2. The zero-order chi connectivity index (χ0) is 16.5. The van der Waals surface area contributed by atoms with Crippen LogP contribution in [-0.4, -0.2) is 13.2 Å². The molecule has 0 aliphatic heterocycles. The van der Waals surface area contributed by atoms with Crippen molar-refractivity contribution in [3.8, 4) is 11.5 Å². The Morgan fingerprint density at radius 3 is 2.38 bits per heavy atom. The molecular weight excluding hydrogens is 322 g/mol. The van der Waals surface area contributed by atoms with Gasteiger partial charge in [-0.25, -0.2) is 0 Å². The SMILES string of the molecule is CCCNCc1cccc(OCC)c1OCc1ccc(C)cc1.Cl. The Bertz CT molecular complexity index is 599. The van der Waals surface area contributed by atoms with Gasteiger partial charge in [-0.1, -0.05) is 48.9 Å². The third-order valence-corrected chi connectivity index (χ3v) is 3.61. The van der Waals surface area contributed by atoms with Crippen molar-refractivity contribution in [2.45, 2.75) is 40.3 Å².